The van der Waals surface area contributed by atoms with Gasteiger partial charge in [-0.15, -0.1) is 0 Å². The van der Waals surface area contributed by atoms with Gasteiger partial charge < -0.3 is 5.32 Å². The monoisotopic (exact) mass is 478 g/mol. The highest BCUT2D eigenvalue weighted by molar-refractivity contribution is 7.91. The summed E-state index contributed by atoms with van der Waals surface area (Å²) in [6.07, 6.45) is 4.80. The Bertz CT molecular complexity index is 1210. The molecular formula is C22H30N4O4S2. The molecule has 2 aromatic rings. The predicted molar refractivity (Wildman–Crippen MR) is 125 cm³/mol. The van der Waals surface area contributed by atoms with Gasteiger partial charge >= 0.3 is 0 Å². The molecule has 4 rings (SSSR count). The number of anilines is 1. The van der Waals surface area contributed by atoms with Gasteiger partial charge in [-0.3, -0.25) is 0 Å². The molecule has 1 N–H and O–H groups in total. The van der Waals surface area contributed by atoms with E-state index in [-0.39, 0.29) is 34.0 Å². The summed E-state index contributed by atoms with van der Waals surface area (Å²) in [5, 5.41) is 3.47. The molecule has 2 aromatic heterocycles. The number of pyridine rings is 2. The number of nitrogens with zero attached hydrogens (tertiary/aromatic N) is 3. The fourth-order valence-corrected chi connectivity index (χ4v) is 7.10. The van der Waals surface area contributed by atoms with Gasteiger partial charge in [0.25, 0.3) is 10.0 Å². The van der Waals surface area contributed by atoms with Gasteiger partial charge in [-0.05, 0) is 48.4 Å². The van der Waals surface area contributed by atoms with Crippen LogP contribution >= 0.6 is 0 Å². The van der Waals surface area contributed by atoms with Gasteiger partial charge in [0.2, 0.25) is 0 Å². The lowest BCUT2D eigenvalue weighted by Crippen LogP contribution is -2.42. The van der Waals surface area contributed by atoms with Crippen molar-refractivity contribution >= 4 is 25.7 Å². The number of aromatic nitrogens is 2. The number of sulfonamides is 1. The predicted octanol–water partition coefficient (Wildman–Crippen LogP) is 2.72. The summed E-state index contributed by atoms with van der Waals surface area (Å²) >= 11 is 0. The minimum absolute atomic E-state index is 0.0145. The molecule has 32 heavy (non-hydrogen) atoms. The molecule has 0 bridgehead atoms. The SMILES string of the molecule is CN(C1CCS(=O)(=O)CC1)S(=O)(=O)c1ccc(-c2ccnc3c2CC(C(C)(C)C)N3)cn1. The molecule has 0 spiro atoms. The van der Waals surface area contributed by atoms with E-state index in [1.165, 1.54) is 17.4 Å². The van der Waals surface area contributed by atoms with Gasteiger partial charge in [-0.2, -0.15) is 4.31 Å². The van der Waals surface area contributed by atoms with Crippen LogP contribution in [-0.4, -0.2) is 61.7 Å². The normalized spacial score (nSPS) is 21.3. The molecule has 10 heteroatoms. The third-order valence-electron chi connectivity index (χ3n) is 6.55. The summed E-state index contributed by atoms with van der Waals surface area (Å²) in [6.45, 7) is 6.57. The third kappa shape index (κ3) is 4.40. The Morgan fingerprint density at radius 3 is 2.38 bits per heavy atom. The maximum Gasteiger partial charge on any atom is 0.260 e. The van der Waals surface area contributed by atoms with Crippen LogP contribution in [0.1, 0.15) is 39.2 Å². The lowest BCUT2D eigenvalue weighted by atomic mass is 9.84. The van der Waals surface area contributed by atoms with E-state index >= 15 is 0 Å². The Morgan fingerprint density at radius 2 is 1.78 bits per heavy atom. The summed E-state index contributed by atoms with van der Waals surface area (Å²) < 4.78 is 50.8. The molecule has 8 nitrogen and oxygen atoms in total. The average molecular weight is 479 g/mol. The molecule has 1 unspecified atom stereocenters. The van der Waals surface area contributed by atoms with E-state index in [1.54, 1.807) is 18.5 Å². The van der Waals surface area contributed by atoms with Gasteiger partial charge in [0.05, 0.1) is 11.5 Å². The number of hydrogen-bond donors (Lipinski definition) is 1. The molecule has 1 saturated heterocycles. The zero-order chi connectivity index (χ0) is 23.3. The molecule has 4 heterocycles. The Kier molecular flexibility index (Phi) is 5.83. The second-order valence-corrected chi connectivity index (χ2v) is 14.0. The summed E-state index contributed by atoms with van der Waals surface area (Å²) in [5.41, 5.74) is 3.03. The van der Waals surface area contributed by atoms with Gasteiger partial charge in [-0.1, -0.05) is 20.8 Å². The molecule has 1 atom stereocenters. The van der Waals surface area contributed by atoms with Crippen LogP contribution in [0.15, 0.2) is 35.6 Å². The summed E-state index contributed by atoms with van der Waals surface area (Å²) in [7, 11) is -5.37. The highest BCUT2D eigenvalue weighted by Gasteiger charge is 2.35. The van der Waals surface area contributed by atoms with Crippen molar-refractivity contribution in [2.45, 2.75) is 57.1 Å². The van der Waals surface area contributed by atoms with Crippen molar-refractivity contribution in [2.24, 2.45) is 5.41 Å². The second-order valence-electron chi connectivity index (χ2n) is 9.74. The van der Waals surface area contributed by atoms with Crippen molar-refractivity contribution in [3.05, 3.63) is 36.2 Å². The number of nitrogens with one attached hydrogen (secondary N) is 1. The molecule has 0 saturated carbocycles. The minimum atomic E-state index is -3.81. The first-order valence-corrected chi connectivity index (χ1v) is 14.0. The molecule has 2 aliphatic heterocycles. The fraction of sp³-hybridized carbons (Fsp3) is 0.545. The van der Waals surface area contributed by atoms with E-state index in [2.05, 4.69) is 36.1 Å². The van der Waals surface area contributed by atoms with Crippen LogP contribution in [0.3, 0.4) is 0 Å². The van der Waals surface area contributed by atoms with Gasteiger partial charge in [0.15, 0.2) is 5.03 Å². The molecule has 0 amide bonds. The van der Waals surface area contributed by atoms with Gasteiger partial charge in [0, 0.05) is 42.7 Å². The number of fused-ring (bicyclic) bond motifs is 1. The maximum absolute atomic E-state index is 13.1. The Labute approximate surface area is 190 Å². The molecule has 2 aliphatic rings. The zero-order valence-electron chi connectivity index (χ0n) is 18.9. The van der Waals surface area contributed by atoms with E-state index < -0.39 is 19.9 Å². The molecular weight excluding hydrogens is 448 g/mol. The van der Waals surface area contributed by atoms with Crippen LogP contribution in [-0.2, 0) is 26.3 Å². The highest BCUT2D eigenvalue weighted by Crippen LogP contribution is 2.38. The highest BCUT2D eigenvalue weighted by atomic mass is 32.2. The van der Waals surface area contributed by atoms with Crippen LogP contribution < -0.4 is 5.32 Å². The number of hydrogen-bond acceptors (Lipinski definition) is 7. The molecule has 174 valence electrons. The standard InChI is InChI=1S/C22H30N4O4S2/c1-22(2,3)19-13-18-17(7-10-23-21(18)25-19)15-5-6-20(24-14-15)32(29,30)26(4)16-8-11-31(27,28)12-9-16/h5-7,10,14,16,19H,8-9,11-13H2,1-4H3,(H,23,25). The number of sulfone groups is 1. The van der Waals surface area contributed by atoms with Crippen molar-refractivity contribution in [1.29, 1.82) is 0 Å². The first-order valence-electron chi connectivity index (χ1n) is 10.8. The van der Waals surface area contributed by atoms with Crippen LogP contribution in [0, 0.1) is 5.41 Å². The summed E-state index contributed by atoms with van der Waals surface area (Å²) in [6, 6.07) is 5.17. The molecule has 0 aromatic carbocycles. The quantitative estimate of drug-likeness (QED) is 0.719. The fourth-order valence-electron chi connectivity index (χ4n) is 4.31. The van der Waals surface area contributed by atoms with E-state index in [1.807, 2.05) is 6.07 Å². The topological polar surface area (TPSA) is 109 Å². The number of rotatable bonds is 4. The average Bonchev–Trinajstić information content (AvgIpc) is 3.18. The second kappa shape index (κ2) is 8.07. The van der Waals surface area contributed by atoms with E-state index in [0.717, 1.165) is 28.9 Å². The van der Waals surface area contributed by atoms with E-state index in [4.69, 9.17) is 0 Å². The van der Waals surface area contributed by atoms with Gasteiger partial charge in [-0.25, -0.2) is 26.8 Å². The molecule has 0 radical (unpaired) electrons. The van der Waals surface area contributed by atoms with E-state index in [0.29, 0.717) is 12.8 Å². The van der Waals surface area contributed by atoms with Crippen molar-refractivity contribution in [2.75, 3.05) is 23.9 Å². The van der Waals surface area contributed by atoms with Gasteiger partial charge in [0.1, 0.15) is 15.7 Å². The van der Waals surface area contributed by atoms with Crippen LogP contribution in [0.4, 0.5) is 5.82 Å². The zero-order valence-corrected chi connectivity index (χ0v) is 20.5. The first kappa shape index (κ1) is 23.1. The third-order valence-corrected chi connectivity index (χ3v) is 10.1. The van der Waals surface area contributed by atoms with E-state index in [9.17, 15) is 16.8 Å². The largest absolute Gasteiger partial charge is 0.366 e. The van der Waals surface area contributed by atoms with Crippen LogP contribution in [0.5, 0.6) is 0 Å². The van der Waals surface area contributed by atoms with Crippen LogP contribution in [0.25, 0.3) is 11.1 Å². The maximum atomic E-state index is 13.1. The lowest BCUT2D eigenvalue weighted by Gasteiger charge is -2.30. The smallest absolute Gasteiger partial charge is 0.260 e. The Hall–Kier alpha value is -2.04. The van der Waals surface area contributed by atoms with Crippen molar-refractivity contribution < 1.29 is 16.8 Å². The Balaban J connectivity index is 1.57. The van der Waals surface area contributed by atoms with Crippen molar-refractivity contribution in [1.82, 2.24) is 14.3 Å². The summed E-state index contributed by atoms with van der Waals surface area (Å²) in [4.78, 5) is 8.75. The molecule has 1 fully saturated rings. The minimum Gasteiger partial charge on any atom is -0.366 e. The van der Waals surface area contributed by atoms with Crippen molar-refractivity contribution in [3.63, 3.8) is 0 Å². The van der Waals surface area contributed by atoms with Crippen LogP contribution in [0.2, 0.25) is 0 Å². The molecule has 0 aliphatic carbocycles. The lowest BCUT2D eigenvalue weighted by molar-refractivity contribution is 0.341. The summed E-state index contributed by atoms with van der Waals surface area (Å²) in [5.74, 6) is 0.896. The van der Waals surface area contributed by atoms with Crippen molar-refractivity contribution in [3.8, 4) is 11.1 Å². The first-order chi connectivity index (χ1) is 14.9. The Morgan fingerprint density at radius 1 is 1.09 bits per heavy atom.